The molecule has 1 aliphatic heterocycles. The number of nitrogens with one attached hydrogen (secondary N) is 1. The second kappa shape index (κ2) is 13.5. The van der Waals surface area contributed by atoms with Crippen LogP contribution < -0.4 is 5.32 Å². The van der Waals surface area contributed by atoms with Crippen LogP contribution in [0.3, 0.4) is 0 Å². The lowest BCUT2D eigenvalue weighted by Crippen LogP contribution is -2.60. The van der Waals surface area contributed by atoms with Crippen LogP contribution in [0.5, 0.6) is 0 Å². The van der Waals surface area contributed by atoms with Crippen LogP contribution in [0.2, 0.25) is 0 Å². The molecule has 41 heavy (non-hydrogen) atoms. The molecule has 1 unspecified atom stereocenters. The second-order valence-corrected chi connectivity index (χ2v) is 9.25. The number of carbonyl (C=O) groups is 5. The third-order valence-corrected chi connectivity index (χ3v) is 6.06. The molecule has 1 amide bonds. The molecule has 0 spiro atoms. The van der Waals surface area contributed by atoms with Crippen molar-refractivity contribution in [3.63, 3.8) is 0 Å². The lowest BCUT2D eigenvalue weighted by Gasteiger charge is -2.41. The van der Waals surface area contributed by atoms with E-state index in [1.54, 1.807) is 6.20 Å². The number of aromatic nitrogens is 3. The van der Waals surface area contributed by atoms with E-state index in [9.17, 15) is 24.0 Å². The van der Waals surface area contributed by atoms with Crippen molar-refractivity contribution in [3.05, 3.63) is 47.9 Å². The van der Waals surface area contributed by atoms with Crippen molar-refractivity contribution in [2.24, 2.45) is 0 Å². The zero-order chi connectivity index (χ0) is 30.3. The molecule has 3 rings (SSSR count). The Kier molecular flexibility index (Phi) is 10.2. The Morgan fingerprint density at radius 3 is 2.29 bits per heavy atom. The minimum atomic E-state index is -1.47. The first-order valence-corrected chi connectivity index (χ1v) is 12.6. The van der Waals surface area contributed by atoms with Gasteiger partial charge in [0.1, 0.15) is 12.3 Å². The number of esters is 4. The largest absolute Gasteiger partial charge is 0.477 e. The fraction of sp³-hybridized carbons (Fsp3) is 0.444. The standard InChI is InChI=1S/C27H32N4O10/c1-14-9-7-8-10-19(14)20-12-31(30-29-20)21-11-22(27(36)37-6)41-26(24(21)28-15(2)32)25(40-18(5)35)23(39-17(4)34)13-38-16(3)33/h7-12,21,23-26H,13H2,1-6H3,(H,28,32)/t21-,23?,24+,25+,26+/m0/s1. The first kappa shape index (κ1) is 30.8. The first-order chi connectivity index (χ1) is 19.4. The molecule has 220 valence electrons. The maximum absolute atomic E-state index is 12.7. The van der Waals surface area contributed by atoms with Crippen molar-refractivity contribution in [1.82, 2.24) is 20.3 Å². The summed E-state index contributed by atoms with van der Waals surface area (Å²) in [7, 11) is 1.15. The summed E-state index contributed by atoms with van der Waals surface area (Å²) in [5.41, 5.74) is 2.27. The summed E-state index contributed by atoms with van der Waals surface area (Å²) in [6, 6.07) is 5.52. The number of rotatable bonds is 10. The molecule has 1 aliphatic rings. The van der Waals surface area contributed by atoms with Gasteiger partial charge in [0.2, 0.25) is 11.7 Å². The highest BCUT2D eigenvalue weighted by atomic mass is 16.6. The van der Waals surface area contributed by atoms with Gasteiger partial charge in [-0.1, -0.05) is 29.5 Å². The summed E-state index contributed by atoms with van der Waals surface area (Å²) in [6.07, 6.45) is -1.20. The van der Waals surface area contributed by atoms with Crippen LogP contribution in [-0.4, -0.2) is 82.8 Å². The number of aryl methyl sites for hydroxylation is 1. The van der Waals surface area contributed by atoms with Gasteiger partial charge in [-0.25, -0.2) is 9.48 Å². The SMILES string of the molecule is COC(=O)C1=C[C@H](n2cc(-c3ccccc3C)nn2)[C@@H](NC(C)=O)[C@H]([C@H](OC(C)=O)C(COC(C)=O)OC(C)=O)O1. The topological polar surface area (TPSA) is 174 Å². The number of hydrogen-bond donors (Lipinski definition) is 1. The van der Waals surface area contributed by atoms with Crippen molar-refractivity contribution in [1.29, 1.82) is 0 Å². The van der Waals surface area contributed by atoms with E-state index in [2.05, 4.69) is 15.6 Å². The molecule has 2 aromatic rings. The van der Waals surface area contributed by atoms with Crippen molar-refractivity contribution >= 4 is 29.8 Å². The number of amides is 1. The molecule has 5 atom stereocenters. The quantitative estimate of drug-likeness (QED) is 0.318. The predicted octanol–water partition coefficient (Wildman–Crippen LogP) is 1.18. The first-order valence-electron chi connectivity index (χ1n) is 12.6. The van der Waals surface area contributed by atoms with Gasteiger partial charge in [-0.3, -0.25) is 19.2 Å². The van der Waals surface area contributed by atoms with Crippen LogP contribution in [0.25, 0.3) is 11.3 Å². The second-order valence-electron chi connectivity index (χ2n) is 9.25. The van der Waals surface area contributed by atoms with Crippen molar-refractivity contribution in [2.75, 3.05) is 13.7 Å². The molecule has 14 heteroatoms. The van der Waals surface area contributed by atoms with Gasteiger partial charge in [0.05, 0.1) is 25.4 Å². The zero-order valence-corrected chi connectivity index (χ0v) is 23.5. The summed E-state index contributed by atoms with van der Waals surface area (Å²) in [4.78, 5) is 60.9. The zero-order valence-electron chi connectivity index (χ0n) is 23.5. The fourth-order valence-electron chi connectivity index (χ4n) is 4.40. The fourth-order valence-corrected chi connectivity index (χ4v) is 4.40. The Morgan fingerprint density at radius 1 is 1.02 bits per heavy atom. The lowest BCUT2D eigenvalue weighted by atomic mass is 9.91. The monoisotopic (exact) mass is 572 g/mol. The molecule has 0 saturated carbocycles. The van der Waals surface area contributed by atoms with Crippen LogP contribution >= 0.6 is 0 Å². The van der Waals surface area contributed by atoms with Gasteiger partial charge in [0.15, 0.2) is 18.3 Å². The minimum absolute atomic E-state index is 0.289. The summed E-state index contributed by atoms with van der Waals surface area (Å²) >= 11 is 0. The van der Waals surface area contributed by atoms with Crippen LogP contribution in [0.1, 0.15) is 39.3 Å². The Labute approximate surface area is 235 Å². The van der Waals surface area contributed by atoms with E-state index in [-0.39, 0.29) is 5.76 Å². The van der Waals surface area contributed by atoms with Crippen LogP contribution in [0, 0.1) is 6.92 Å². The molecule has 1 aromatic heterocycles. The Hall–Kier alpha value is -4.75. The van der Waals surface area contributed by atoms with Crippen LogP contribution in [0.4, 0.5) is 0 Å². The van der Waals surface area contributed by atoms with E-state index in [0.29, 0.717) is 5.69 Å². The maximum atomic E-state index is 12.7. The highest BCUT2D eigenvalue weighted by molar-refractivity contribution is 5.86. The number of benzene rings is 1. The van der Waals surface area contributed by atoms with E-state index >= 15 is 0 Å². The number of methoxy groups -OCH3 is 1. The third kappa shape index (κ3) is 7.90. The smallest absolute Gasteiger partial charge is 0.373 e. The Bertz CT molecular complexity index is 1340. The predicted molar refractivity (Wildman–Crippen MR) is 140 cm³/mol. The lowest BCUT2D eigenvalue weighted by molar-refractivity contribution is -0.188. The van der Waals surface area contributed by atoms with Crippen LogP contribution in [-0.2, 0) is 47.7 Å². The molecule has 0 bridgehead atoms. The number of nitrogens with zero attached hydrogens (tertiary/aromatic N) is 3. The van der Waals surface area contributed by atoms with Crippen molar-refractivity contribution in [3.8, 4) is 11.3 Å². The molecule has 2 heterocycles. The van der Waals surface area contributed by atoms with Gasteiger partial charge in [-0.15, -0.1) is 5.10 Å². The minimum Gasteiger partial charge on any atom is -0.477 e. The summed E-state index contributed by atoms with van der Waals surface area (Å²) < 4.78 is 28.2. The highest BCUT2D eigenvalue weighted by Gasteiger charge is 2.48. The van der Waals surface area contributed by atoms with E-state index in [1.807, 2.05) is 31.2 Å². The third-order valence-electron chi connectivity index (χ3n) is 6.06. The highest BCUT2D eigenvalue weighted by Crippen LogP contribution is 2.33. The van der Waals surface area contributed by atoms with E-state index < -0.39 is 66.8 Å². The molecule has 0 fully saturated rings. The van der Waals surface area contributed by atoms with Gasteiger partial charge >= 0.3 is 23.9 Å². The van der Waals surface area contributed by atoms with Crippen molar-refractivity contribution in [2.45, 2.75) is 65.0 Å². The average Bonchev–Trinajstić information content (AvgIpc) is 3.39. The maximum Gasteiger partial charge on any atom is 0.373 e. The molecule has 0 aliphatic carbocycles. The normalized spacial score (nSPS) is 19.5. The van der Waals surface area contributed by atoms with Gasteiger partial charge in [0, 0.05) is 33.3 Å². The Morgan fingerprint density at radius 2 is 1.71 bits per heavy atom. The molecule has 14 nitrogen and oxygen atoms in total. The van der Waals surface area contributed by atoms with Gasteiger partial charge < -0.3 is 29.0 Å². The van der Waals surface area contributed by atoms with E-state index in [4.69, 9.17) is 23.7 Å². The summed E-state index contributed by atoms with van der Waals surface area (Å²) in [6.45, 7) is 6.03. The van der Waals surface area contributed by atoms with Gasteiger partial charge in [-0.2, -0.15) is 0 Å². The molecule has 1 N–H and O–H groups in total. The van der Waals surface area contributed by atoms with Crippen molar-refractivity contribution < 1.29 is 47.7 Å². The van der Waals surface area contributed by atoms with E-state index in [1.165, 1.54) is 17.7 Å². The van der Waals surface area contributed by atoms with Gasteiger partial charge in [0.25, 0.3) is 0 Å². The summed E-state index contributed by atoms with van der Waals surface area (Å²) in [5, 5.41) is 11.3. The van der Waals surface area contributed by atoms with E-state index in [0.717, 1.165) is 39.0 Å². The molecule has 0 saturated heterocycles. The Balaban J connectivity index is 2.16. The summed E-state index contributed by atoms with van der Waals surface area (Å²) in [5.74, 6) is -3.91. The molecule has 1 aromatic carbocycles. The molecule has 0 radical (unpaired) electrons. The van der Waals surface area contributed by atoms with Crippen LogP contribution in [0.15, 0.2) is 42.3 Å². The average molecular weight is 573 g/mol. The molecular formula is C27H32N4O10. The molecular weight excluding hydrogens is 540 g/mol. The number of ether oxygens (including phenoxy) is 5. The number of carbonyl (C=O) groups excluding carboxylic acids is 5. The van der Waals surface area contributed by atoms with Gasteiger partial charge in [-0.05, 0) is 18.6 Å². The number of hydrogen-bond acceptors (Lipinski definition) is 12.